The maximum absolute atomic E-state index is 11.8. The SMILES string of the molecule is COC(=O)C1CC(=O)N(c2cc(C)c(Cl)cn2)C1. The van der Waals surface area contributed by atoms with Gasteiger partial charge in [0, 0.05) is 19.2 Å². The van der Waals surface area contributed by atoms with Crippen molar-refractivity contribution in [1.82, 2.24) is 4.98 Å². The number of nitrogens with zero attached hydrogens (tertiary/aromatic N) is 2. The summed E-state index contributed by atoms with van der Waals surface area (Å²) in [5.41, 5.74) is 0.844. The molecule has 0 aromatic carbocycles. The molecule has 1 saturated heterocycles. The molecule has 1 amide bonds. The van der Waals surface area contributed by atoms with Crippen molar-refractivity contribution in [2.45, 2.75) is 13.3 Å². The molecule has 1 aliphatic rings. The number of methoxy groups -OCH3 is 1. The predicted octanol–water partition coefficient (Wildman–Crippen LogP) is 1.57. The van der Waals surface area contributed by atoms with Crippen LogP contribution in [-0.2, 0) is 14.3 Å². The van der Waals surface area contributed by atoms with Gasteiger partial charge in [-0.3, -0.25) is 14.5 Å². The number of aromatic nitrogens is 1. The highest BCUT2D eigenvalue weighted by Crippen LogP contribution is 2.26. The van der Waals surface area contributed by atoms with Gasteiger partial charge < -0.3 is 4.74 Å². The normalized spacial score (nSPS) is 19.2. The highest BCUT2D eigenvalue weighted by molar-refractivity contribution is 6.31. The maximum Gasteiger partial charge on any atom is 0.311 e. The number of aryl methyl sites for hydroxylation is 1. The van der Waals surface area contributed by atoms with Crippen LogP contribution in [0.4, 0.5) is 5.82 Å². The number of ether oxygens (including phenoxy) is 1. The first-order chi connectivity index (χ1) is 8.52. The molecule has 1 fully saturated rings. The van der Waals surface area contributed by atoms with E-state index in [1.165, 1.54) is 18.2 Å². The fourth-order valence-corrected chi connectivity index (χ4v) is 2.03. The second-order valence-electron chi connectivity index (χ2n) is 4.22. The Bertz CT molecular complexity index is 504. The van der Waals surface area contributed by atoms with Crippen LogP contribution in [-0.4, -0.2) is 30.5 Å². The van der Waals surface area contributed by atoms with Crippen LogP contribution in [0, 0.1) is 12.8 Å². The summed E-state index contributed by atoms with van der Waals surface area (Å²) in [7, 11) is 1.32. The van der Waals surface area contributed by atoms with Gasteiger partial charge in [-0.25, -0.2) is 4.98 Å². The predicted molar refractivity (Wildman–Crippen MR) is 66.5 cm³/mol. The van der Waals surface area contributed by atoms with E-state index in [4.69, 9.17) is 11.6 Å². The number of halogens is 1. The molecule has 1 unspecified atom stereocenters. The van der Waals surface area contributed by atoms with Gasteiger partial charge in [-0.2, -0.15) is 0 Å². The lowest BCUT2D eigenvalue weighted by atomic mass is 10.1. The fraction of sp³-hybridized carbons (Fsp3) is 0.417. The van der Waals surface area contributed by atoms with E-state index >= 15 is 0 Å². The van der Waals surface area contributed by atoms with Gasteiger partial charge >= 0.3 is 5.97 Å². The van der Waals surface area contributed by atoms with Crippen LogP contribution in [0.5, 0.6) is 0 Å². The monoisotopic (exact) mass is 268 g/mol. The second-order valence-corrected chi connectivity index (χ2v) is 4.63. The van der Waals surface area contributed by atoms with Gasteiger partial charge in [0.1, 0.15) is 5.82 Å². The third-order valence-electron chi connectivity index (χ3n) is 2.97. The van der Waals surface area contributed by atoms with Crippen LogP contribution < -0.4 is 4.90 Å². The molecule has 0 bridgehead atoms. The smallest absolute Gasteiger partial charge is 0.311 e. The largest absolute Gasteiger partial charge is 0.469 e. The summed E-state index contributed by atoms with van der Waals surface area (Å²) in [5, 5.41) is 0.551. The van der Waals surface area contributed by atoms with E-state index in [0.717, 1.165) is 5.56 Å². The zero-order valence-electron chi connectivity index (χ0n) is 10.1. The van der Waals surface area contributed by atoms with Crippen LogP contribution in [0.15, 0.2) is 12.3 Å². The summed E-state index contributed by atoms with van der Waals surface area (Å²) >= 11 is 5.89. The maximum atomic E-state index is 11.8. The summed E-state index contributed by atoms with van der Waals surface area (Å²) in [6, 6.07) is 1.74. The average Bonchev–Trinajstić information content (AvgIpc) is 2.74. The topological polar surface area (TPSA) is 59.5 Å². The van der Waals surface area contributed by atoms with Crippen LogP contribution in [0.1, 0.15) is 12.0 Å². The Morgan fingerprint density at radius 2 is 2.33 bits per heavy atom. The Balaban J connectivity index is 2.21. The third kappa shape index (κ3) is 2.31. The zero-order chi connectivity index (χ0) is 13.3. The Labute approximate surface area is 110 Å². The lowest BCUT2D eigenvalue weighted by Crippen LogP contribution is -2.27. The molecule has 1 aromatic rings. The van der Waals surface area contributed by atoms with E-state index < -0.39 is 5.92 Å². The number of hydrogen-bond donors (Lipinski definition) is 0. The lowest BCUT2D eigenvalue weighted by Gasteiger charge is -2.15. The van der Waals surface area contributed by atoms with Crippen LogP contribution in [0.2, 0.25) is 5.02 Å². The van der Waals surface area contributed by atoms with Crippen LogP contribution >= 0.6 is 11.6 Å². The molecule has 0 N–H and O–H groups in total. The highest BCUT2D eigenvalue weighted by Gasteiger charge is 2.36. The third-order valence-corrected chi connectivity index (χ3v) is 3.36. The Kier molecular flexibility index (Phi) is 3.52. The summed E-state index contributed by atoms with van der Waals surface area (Å²) in [6.07, 6.45) is 1.67. The molecular formula is C12H13ClN2O3. The molecule has 6 heteroatoms. The minimum Gasteiger partial charge on any atom is -0.469 e. The van der Waals surface area contributed by atoms with E-state index in [-0.39, 0.29) is 18.3 Å². The van der Waals surface area contributed by atoms with Crippen molar-refractivity contribution in [2.75, 3.05) is 18.6 Å². The molecule has 96 valence electrons. The minimum atomic E-state index is -0.416. The molecule has 18 heavy (non-hydrogen) atoms. The lowest BCUT2D eigenvalue weighted by molar-refractivity contribution is -0.145. The average molecular weight is 269 g/mol. The van der Waals surface area contributed by atoms with Crippen molar-refractivity contribution in [3.8, 4) is 0 Å². The van der Waals surface area contributed by atoms with Gasteiger partial charge in [0.15, 0.2) is 0 Å². The molecule has 1 atom stereocenters. The van der Waals surface area contributed by atoms with Crippen molar-refractivity contribution in [3.05, 3.63) is 22.8 Å². The first kappa shape index (κ1) is 12.8. The van der Waals surface area contributed by atoms with Gasteiger partial charge in [-0.05, 0) is 18.6 Å². The number of anilines is 1. The van der Waals surface area contributed by atoms with Crippen LogP contribution in [0.25, 0.3) is 0 Å². The molecule has 2 rings (SSSR count). The number of amides is 1. The molecule has 2 heterocycles. The van der Waals surface area contributed by atoms with Crippen molar-refractivity contribution in [1.29, 1.82) is 0 Å². The van der Waals surface area contributed by atoms with E-state index in [9.17, 15) is 9.59 Å². The zero-order valence-corrected chi connectivity index (χ0v) is 10.9. The van der Waals surface area contributed by atoms with Crippen molar-refractivity contribution < 1.29 is 14.3 Å². The fourth-order valence-electron chi connectivity index (χ4n) is 1.93. The second kappa shape index (κ2) is 4.94. The molecule has 5 nitrogen and oxygen atoms in total. The highest BCUT2D eigenvalue weighted by atomic mass is 35.5. The number of esters is 1. The molecule has 0 radical (unpaired) electrons. The van der Waals surface area contributed by atoms with Gasteiger partial charge in [0.05, 0.1) is 18.1 Å². The standard InChI is InChI=1S/C12H13ClN2O3/c1-7-3-10(14-5-9(7)13)15-6-8(4-11(15)16)12(17)18-2/h3,5,8H,4,6H2,1-2H3. The Morgan fingerprint density at radius 3 is 2.94 bits per heavy atom. The van der Waals surface area contributed by atoms with Gasteiger partial charge in [-0.15, -0.1) is 0 Å². The molecular weight excluding hydrogens is 256 g/mol. The number of carbonyl (C=O) groups is 2. The number of hydrogen-bond acceptors (Lipinski definition) is 4. The molecule has 1 aliphatic heterocycles. The summed E-state index contributed by atoms with van der Waals surface area (Å²) < 4.78 is 4.65. The number of pyridine rings is 1. The Hall–Kier alpha value is -1.62. The molecule has 1 aromatic heterocycles. The Morgan fingerprint density at radius 1 is 1.61 bits per heavy atom. The summed E-state index contributed by atoms with van der Waals surface area (Å²) in [6.45, 7) is 2.14. The van der Waals surface area contributed by atoms with E-state index in [0.29, 0.717) is 17.4 Å². The van der Waals surface area contributed by atoms with Gasteiger partial charge in [0.2, 0.25) is 5.91 Å². The first-order valence-corrected chi connectivity index (χ1v) is 5.91. The molecule has 0 saturated carbocycles. The summed E-state index contributed by atoms with van der Waals surface area (Å²) in [4.78, 5) is 28.9. The van der Waals surface area contributed by atoms with Crippen molar-refractivity contribution in [2.24, 2.45) is 5.92 Å². The quantitative estimate of drug-likeness (QED) is 0.764. The summed E-state index contributed by atoms with van der Waals surface area (Å²) in [5.74, 6) is -0.384. The number of carbonyl (C=O) groups excluding carboxylic acids is 2. The van der Waals surface area contributed by atoms with Gasteiger partial charge in [-0.1, -0.05) is 11.6 Å². The van der Waals surface area contributed by atoms with E-state index in [1.807, 2.05) is 6.92 Å². The van der Waals surface area contributed by atoms with Crippen molar-refractivity contribution in [3.63, 3.8) is 0 Å². The minimum absolute atomic E-state index is 0.125. The molecule has 0 spiro atoms. The first-order valence-electron chi connectivity index (χ1n) is 5.53. The van der Waals surface area contributed by atoms with E-state index in [1.54, 1.807) is 6.07 Å². The van der Waals surface area contributed by atoms with Crippen molar-refractivity contribution >= 4 is 29.3 Å². The number of rotatable bonds is 2. The van der Waals surface area contributed by atoms with Crippen LogP contribution in [0.3, 0.4) is 0 Å². The molecule has 0 aliphatic carbocycles. The van der Waals surface area contributed by atoms with Gasteiger partial charge in [0.25, 0.3) is 0 Å². The van der Waals surface area contributed by atoms with E-state index in [2.05, 4.69) is 9.72 Å².